The number of sulfonamides is 1. The van der Waals surface area contributed by atoms with Crippen LogP contribution in [-0.4, -0.2) is 45.1 Å². The van der Waals surface area contributed by atoms with Crippen LogP contribution in [0.1, 0.15) is 31.2 Å². The summed E-state index contributed by atoms with van der Waals surface area (Å²) in [5, 5.41) is 10.9. The van der Waals surface area contributed by atoms with E-state index in [-0.39, 0.29) is 24.0 Å². The van der Waals surface area contributed by atoms with Crippen LogP contribution < -0.4 is 15.2 Å². The van der Waals surface area contributed by atoms with Crippen LogP contribution in [-0.2, 0) is 21.2 Å². The lowest BCUT2D eigenvalue weighted by atomic mass is 9.96. The van der Waals surface area contributed by atoms with E-state index in [2.05, 4.69) is 4.72 Å². The van der Waals surface area contributed by atoms with Crippen molar-refractivity contribution < 1.29 is 23.0 Å². The number of rotatable bonds is 10. The Bertz CT molecular complexity index is 899. The number of aliphatic hydroxyl groups is 1. The molecular weight excluding hydrogens is 404 g/mol. The molecule has 0 saturated heterocycles. The van der Waals surface area contributed by atoms with E-state index in [1.807, 2.05) is 30.3 Å². The number of benzene rings is 2. The van der Waals surface area contributed by atoms with E-state index in [1.165, 1.54) is 19.2 Å². The highest BCUT2D eigenvalue weighted by Crippen LogP contribution is 2.23. The summed E-state index contributed by atoms with van der Waals surface area (Å²) in [6.07, 6.45) is 3.05. The first-order chi connectivity index (χ1) is 14.3. The smallest absolute Gasteiger partial charge is 0.242 e. The fourth-order valence-electron chi connectivity index (χ4n) is 3.65. The molecule has 7 nitrogen and oxygen atoms in total. The molecule has 0 aliphatic heterocycles. The molecule has 4 N–H and O–H groups in total. The van der Waals surface area contributed by atoms with Gasteiger partial charge < -0.3 is 20.3 Å². The number of ether oxygens (including phenoxy) is 2. The summed E-state index contributed by atoms with van der Waals surface area (Å²) in [7, 11) is -2.48. The lowest BCUT2D eigenvalue weighted by Gasteiger charge is -2.35. The molecule has 0 heterocycles. The number of nitrogens with one attached hydrogen (secondary N) is 1. The van der Waals surface area contributed by atoms with Crippen molar-refractivity contribution in [2.45, 2.75) is 54.9 Å². The lowest BCUT2D eigenvalue weighted by molar-refractivity contribution is -0.0396. The van der Waals surface area contributed by atoms with Crippen molar-refractivity contribution in [3.05, 3.63) is 60.2 Å². The van der Waals surface area contributed by atoms with Gasteiger partial charge in [0.15, 0.2) is 0 Å². The van der Waals surface area contributed by atoms with E-state index in [9.17, 15) is 13.5 Å². The fourth-order valence-corrected chi connectivity index (χ4v) is 4.97. The van der Waals surface area contributed by atoms with Gasteiger partial charge in [0.2, 0.25) is 10.0 Å². The predicted octanol–water partition coefficient (Wildman–Crippen LogP) is 2.19. The van der Waals surface area contributed by atoms with Crippen molar-refractivity contribution in [2.75, 3.05) is 13.7 Å². The molecule has 1 fully saturated rings. The molecule has 8 heteroatoms. The Morgan fingerprint density at radius 3 is 2.37 bits per heavy atom. The van der Waals surface area contributed by atoms with Crippen LogP contribution in [0.4, 0.5) is 0 Å². The number of hydrogen-bond acceptors (Lipinski definition) is 6. The Balaban J connectivity index is 1.81. The van der Waals surface area contributed by atoms with Gasteiger partial charge in [0.05, 0.1) is 24.7 Å². The second-order valence-electron chi connectivity index (χ2n) is 7.74. The summed E-state index contributed by atoms with van der Waals surface area (Å²) in [5.41, 5.74) is 5.66. The van der Waals surface area contributed by atoms with E-state index < -0.39 is 21.8 Å². The van der Waals surface area contributed by atoms with Gasteiger partial charge in [0, 0.05) is 6.42 Å². The number of hydrogen-bond donors (Lipinski definition) is 3. The van der Waals surface area contributed by atoms with Crippen LogP contribution in [0.5, 0.6) is 5.75 Å². The van der Waals surface area contributed by atoms with Gasteiger partial charge >= 0.3 is 0 Å². The molecule has 30 heavy (non-hydrogen) atoms. The molecular formula is C22H30N2O5S. The van der Waals surface area contributed by atoms with Crippen molar-refractivity contribution in [1.29, 1.82) is 0 Å². The van der Waals surface area contributed by atoms with Crippen molar-refractivity contribution in [2.24, 2.45) is 5.73 Å². The topological polar surface area (TPSA) is 111 Å². The van der Waals surface area contributed by atoms with Crippen LogP contribution >= 0.6 is 0 Å². The van der Waals surface area contributed by atoms with Crippen LogP contribution in [0, 0.1) is 0 Å². The van der Waals surface area contributed by atoms with Crippen molar-refractivity contribution in [1.82, 2.24) is 4.72 Å². The molecule has 2 atom stereocenters. The molecule has 0 amide bonds. The minimum absolute atomic E-state index is 0.0371. The van der Waals surface area contributed by atoms with E-state index in [4.69, 9.17) is 15.2 Å². The van der Waals surface area contributed by atoms with Gasteiger partial charge in [-0.1, -0.05) is 43.2 Å². The zero-order valence-electron chi connectivity index (χ0n) is 17.2. The first kappa shape index (κ1) is 22.7. The second kappa shape index (κ2) is 9.89. The van der Waals surface area contributed by atoms with Crippen molar-refractivity contribution in [3.8, 4) is 5.75 Å². The van der Waals surface area contributed by atoms with Crippen molar-refractivity contribution >= 4 is 10.0 Å². The molecule has 0 spiro atoms. The summed E-state index contributed by atoms with van der Waals surface area (Å²) in [6, 6.07) is 15.2. The number of methoxy groups -OCH3 is 1. The Morgan fingerprint density at radius 2 is 1.77 bits per heavy atom. The van der Waals surface area contributed by atoms with Gasteiger partial charge in [-0.15, -0.1) is 0 Å². The Hall–Kier alpha value is -1.97. The first-order valence-corrected chi connectivity index (χ1v) is 11.6. The zero-order chi connectivity index (χ0) is 21.6. The fraction of sp³-hybridized carbons (Fsp3) is 0.455. The minimum atomic E-state index is -3.99. The molecule has 1 aliphatic rings. The highest BCUT2D eigenvalue weighted by molar-refractivity contribution is 7.89. The van der Waals surface area contributed by atoms with Crippen LogP contribution in [0.25, 0.3) is 0 Å². The van der Waals surface area contributed by atoms with Gasteiger partial charge in [0.25, 0.3) is 0 Å². The van der Waals surface area contributed by atoms with Crippen LogP contribution in [0.3, 0.4) is 0 Å². The van der Waals surface area contributed by atoms with Gasteiger partial charge in [-0.3, -0.25) is 0 Å². The van der Waals surface area contributed by atoms with E-state index in [0.29, 0.717) is 5.75 Å². The van der Waals surface area contributed by atoms with Crippen molar-refractivity contribution in [3.63, 3.8) is 0 Å². The van der Waals surface area contributed by atoms with Gasteiger partial charge in [0.1, 0.15) is 17.5 Å². The van der Waals surface area contributed by atoms with Crippen LogP contribution in [0.15, 0.2) is 59.5 Å². The van der Waals surface area contributed by atoms with E-state index >= 15 is 0 Å². The monoisotopic (exact) mass is 434 g/mol. The molecule has 2 aromatic rings. The van der Waals surface area contributed by atoms with Crippen LogP contribution in [0.2, 0.25) is 0 Å². The molecule has 2 aromatic carbocycles. The maximum atomic E-state index is 13.0. The SMILES string of the molecule is COc1ccc(S(=O)(=O)N[C@@](N)(Cc2ccccc2)[C@@H](O)COC2CCCC2)cc1. The zero-order valence-corrected chi connectivity index (χ0v) is 18.0. The summed E-state index contributed by atoms with van der Waals surface area (Å²) >= 11 is 0. The van der Waals surface area contributed by atoms with Gasteiger partial charge in [-0.2, -0.15) is 4.72 Å². The normalized spacial score (nSPS) is 18.1. The molecule has 0 radical (unpaired) electrons. The average Bonchev–Trinajstić information content (AvgIpc) is 3.26. The Labute approximate surface area is 178 Å². The highest BCUT2D eigenvalue weighted by atomic mass is 32.2. The van der Waals surface area contributed by atoms with E-state index in [1.54, 1.807) is 12.1 Å². The maximum absolute atomic E-state index is 13.0. The summed E-state index contributed by atoms with van der Waals surface area (Å²) < 4.78 is 39.5. The molecule has 0 bridgehead atoms. The lowest BCUT2D eigenvalue weighted by Crippen LogP contribution is -2.66. The highest BCUT2D eigenvalue weighted by Gasteiger charge is 2.39. The molecule has 0 unspecified atom stereocenters. The summed E-state index contributed by atoms with van der Waals surface area (Å²) in [4.78, 5) is 0.0371. The second-order valence-corrected chi connectivity index (χ2v) is 9.42. The maximum Gasteiger partial charge on any atom is 0.242 e. The standard InChI is InChI=1S/C22H30N2O5S/c1-28-18-11-13-20(14-12-18)30(26,27)24-22(23,15-17-7-3-2-4-8-17)21(25)16-29-19-9-5-6-10-19/h2-4,7-8,11-14,19,21,24-25H,5-6,9-10,15-16,23H2,1H3/t21-,22-/m0/s1. The average molecular weight is 435 g/mol. The first-order valence-electron chi connectivity index (χ1n) is 10.1. The number of nitrogens with two attached hydrogens (primary N) is 1. The third kappa shape index (κ3) is 5.80. The molecule has 0 aromatic heterocycles. The Kier molecular flexibility index (Phi) is 7.49. The van der Waals surface area contributed by atoms with E-state index in [0.717, 1.165) is 31.2 Å². The van der Waals surface area contributed by atoms with Gasteiger partial charge in [-0.25, -0.2) is 8.42 Å². The molecule has 1 aliphatic carbocycles. The molecule has 164 valence electrons. The predicted molar refractivity (Wildman–Crippen MR) is 115 cm³/mol. The summed E-state index contributed by atoms with van der Waals surface area (Å²) in [5.74, 6) is 0.544. The molecule has 3 rings (SSSR count). The summed E-state index contributed by atoms with van der Waals surface area (Å²) in [6.45, 7) is -0.0425. The van der Waals surface area contributed by atoms with Gasteiger partial charge in [-0.05, 0) is 42.7 Å². The quantitative estimate of drug-likeness (QED) is 0.495. The molecule has 1 saturated carbocycles. The third-order valence-electron chi connectivity index (χ3n) is 5.42. The minimum Gasteiger partial charge on any atom is -0.497 e. The largest absolute Gasteiger partial charge is 0.497 e. The number of aliphatic hydroxyl groups excluding tert-OH is 1. The Morgan fingerprint density at radius 1 is 1.13 bits per heavy atom. The third-order valence-corrected chi connectivity index (χ3v) is 6.96.